The van der Waals surface area contributed by atoms with Gasteiger partial charge in [0.1, 0.15) is 22.0 Å². The number of carbonyl (C=O) groups is 1. The smallest absolute Gasteiger partial charge is 0.296 e. The highest BCUT2D eigenvalue weighted by molar-refractivity contribution is 7.86. The van der Waals surface area contributed by atoms with Crippen LogP contribution in [0.2, 0.25) is 10.0 Å². The van der Waals surface area contributed by atoms with E-state index in [0.717, 1.165) is 6.07 Å². The minimum atomic E-state index is -4.61. The van der Waals surface area contributed by atoms with Crippen molar-refractivity contribution in [3.63, 3.8) is 0 Å². The summed E-state index contributed by atoms with van der Waals surface area (Å²) in [7, 11) is -4.61. The van der Waals surface area contributed by atoms with Crippen molar-refractivity contribution in [1.29, 1.82) is 0 Å². The maximum absolute atomic E-state index is 13.3. The highest BCUT2D eigenvalue weighted by atomic mass is 35.5. The lowest BCUT2D eigenvalue weighted by atomic mass is 10.0. The van der Waals surface area contributed by atoms with Crippen molar-refractivity contribution in [1.82, 2.24) is 0 Å². The van der Waals surface area contributed by atoms with E-state index in [1.165, 1.54) is 12.1 Å². The van der Waals surface area contributed by atoms with Gasteiger partial charge < -0.3 is 15.2 Å². The number of hydrogen-bond acceptors (Lipinski definition) is 7. The Labute approximate surface area is 228 Å². The maximum Gasteiger partial charge on any atom is 0.296 e. The van der Waals surface area contributed by atoms with Gasteiger partial charge in [0.2, 0.25) is 0 Å². The van der Waals surface area contributed by atoms with Crippen LogP contribution in [-0.4, -0.2) is 30.6 Å². The van der Waals surface area contributed by atoms with Crippen LogP contribution in [0.5, 0.6) is 11.5 Å². The second-order valence-electron chi connectivity index (χ2n) is 8.09. The van der Waals surface area contributed by atoms with E-state index in [0.29, 0.717) is 28.7 Å². The molecule has 196 valence electrons. The first kappa shape index (κ1) is 27.3. The summed E-state index contributed by atoms with van der Waals surface area (Å²) in [4.78, 5) is 12.8. The summed E-state index contributed by atoms with van der Waals surface area (Å²) in [6.45, 7) is 3.76. The molecule has 4 aromatic carbocycles. The molecule has 0 radical (unpaired) electrons. The first-order valence-electron chi connectivity index (χ1n) is 11.2. The molecule has 0 aromatic heterocycles. The van der Waals surface area contributed by atoms with Crippen molar-refractivity contribution >= 4 is 67.1 Å². The number of benzene rings is 4. The number of anilines is 1. The Kier molecular flexibility index (Phi) is 7.89. The molecule has 0 atom stereocenters. The van der Waals surface area contributed by atoms with E-state index in [9.17, 15) is 22.9 Å². The normalized spacial score (nSPS) is 11.7. The van der Waals surface area contributed by atoms with Crippen molar-refractivity contribution in [3.05, 3.63) is 81.8 Å². The average molecular weight is 574 g/mol. The third-order valence-corrected chi connectivity index (χ3v) is 7.17. The molecule has 0 bridgehead atoms. The second-order valence-corrected chi connectivity index (χ2v) is 10.3. The highest BCUT2D eigenvalue weighted by Gasteiger charge is 2.21. The first-order valence-corrected chi connectivity index (χ1v) is 13.4. The Morgan fingerprint density at radius 2 is 1.76 bits per heavy atom. The predicted molar refractivity (Wildman–Crippen MR) is 146 cm³/mol. The van der Waals surface area contributed by atoms with E-state index in [2.05, 4.69) is 15.5 Å². The molecule has 0 spiro atoms. The fourth-order valence-corrected chi connectivity index (χ4v) is 5.02. The van der Waals surface area contributed by atoms with Crippen LogP contribution in [0.15, 0.2) is 75.8 Å². The zero-order valence-corrected chi connectivity index (χ0v) is 22.4. The molecule has 0 aliphatic heterocycles. The van der Waals surface area contributed by atoms with Crippen molar-refractivity contribution in [3.8, 4) is 11.5 Å². The summed E-state index contributed by atoms with van der Waals surface area (Å²) in [5.74, 6) is -0.770. The van der Waals surface area contributed by atoms with Crippen molar-refractivity contribution in [2.24, 2.45) is 10.2 Å². The molecule has 0 aliphatic carbocycles. The number of nitrogens with one attached hydrogen (secondary N) is 1. The van der Waals surface area contributed by atoms with Crippen LogP contribution in [0, 0.1) is 6.92 Å². The average Bonchev–Trinajstić information content (AvgIpc) is 2.85. The Hall–Kier alpha value is -3.70. The maximum atomic E-state index is 13.3. The fourth-order valence-electron chi connectivity index (χ4n) is 3.73. The number of aromatic hydroxyl groups is 1. The number of aryl methyl sites for hydroxylation is 1. The lowest BCUT2D eigenvalue weighted by Gasteiger charge is -2.15. The minimum Gasteiger partial charge on any atom is -0.505 e. The molecule has 0 fully saturated rings. The number of phenolic OH excluding ortho intramolecular Hbond substituents is 1. The van der Waals surface area contributed by atoms with Crippen LogP contribution in [0.25, 0.3) is 10.8 Å². The third kappa shape index (κ3) is 5.58. The topological polar surface area (TPSA) is 138 Å². The van der Waals surface area contributed by atoms with Gasteiger partial charge >= 0.3 is 0 Å². The van der Waals surface area contributed by atoms with Gasteiger partial charge in [0.15, 0.2) is 5.75 Å². The van der Waals surface area contributed by atoms with Gasteiger partial charge in [-0.15, -0.1) is 5.11 Å². The standard InChI is InChI=1S/C26H21Cl2N3O6S/c1-3-37-21-10-6-9-18(27)24(21)29-26(33)17-12-15-7-4-5-8-16(15)23(25(17)32)31-30-20-13-22(38(34,35)36)19(28)11-14(20)2/h4-13,32H,3H2,1-2H3,(H,29,33)(H,34,35,36). The first-order chi connectivity index (χ1) is 18.0. The van der Waals surface area contributed by atoms with Gasteiger partial charge in [-0.3, -0.25) is 9.35 Å². The number of halogens is 2. The van der Waals surface area contributed by atoms with Crippen molar-refractivity contribution in [2.75, 3.05) is 11.9 Å². The minimum absolute atomic E-state index is 0.0276. The largest absolute Gasteiger partial charge is 0.505 e. The van der Waals surface area contributed by atoms with Gasteiger partial charge in [-0.1, -0.05) is 53.5 Å². The molecule has 0 saturated heterocycles. The summed E-state index contributed by atoms with van der Waals surface area (Å²) in [5, 5.41) is 23.2. The zero-order chi connectivity index (χ0) is 27.6. The van der Waals surface area contributed by atoms with E-state index in [4.69, 9.17) is 27.9 Å². The molecule has 4 aromatic rings. The number of hydrogen-bond donors (Lipinski definition) is 3. The number of fused-ring (bicyclic) bond motifs is 1. The van der Waals surface area contributed by atoms with E-state index >= 15 is 0 Å². The van der Waals surface area contributed by atoms with Gasteiger partial charge in [0, 0.05) is 5.39 Å². The Balaban J connectivity index is 1.82. The lowest BCUT2D eigenvalue weighted by molar-refractivity contribution is 0.102. The quantitative estimate of drug-likeness (QED) is 0.155. The monoisotopic (exact) mass is 573 g/mol. The Morgan fingerprint density at radius 1 is 1.03 bits per heavy atom. The van der Waals surface area contributed by atoms with Crippen LogP contribution in [0.3, 0.4) is 0 Å². The number of amides is 1. The summed E-state index contributed by atoms with van der Waals surface area (Å²) in [6, 6.07) is 15.7. The van der Waals surface area contributed by atoms with Crippen LogP contribution in [0.1, 0.15) is 22.8 Å². The molecular formula is C26H21Cl2N3O6S. The number of azo groups is 1. The predicted octanol–water partition coefficient (Wildman–Crippen LogP) is 7.47. The lowest BCUT2D eigenvalue weighted by Crippen LogP contribution is -2.14. The number of nitrogens with zero attached hydrogens (tertiary/aromatic N) is 2. The van der Waals surface area contributed by atoms with Crippen LogP contribution < -0.4 is 10.1 Å². The summed E-state index contributed by atoms with van der Waals surface area (Å²) in [6.07, 6.45) is 0. The molecule has 0 saturated carbocycles. The number of carbonyl (C=O) groups excluding carboxylic acids is 1. The third-order valence-electron chi connectivity index (χ3n) is 5.54. The van der Waals surface area contributed by atoms with Gasteiger partial charge in [0.25, 0.3) is 16.0 Å². The van der Waals surface area contributed by atoms with Crippen LogP contribution in [0.4, 0.5) is 17.1 Å². The molecule has 0 aliphatic rings. The molecule has 12 heteroatoms. The molecule has 1 amide bonds. The van der Waals surface area contributed by atoms with E-state index in [1.807, 2.05) is 0 Å². The number of phenols is 1. The van der Waals surface area contributed by atoms with Gasteiger partial charge in [-0.25, -0.2) is 0 Å². The van der Waals surface area contributed by atoms with Crippen molar-refractivity contribution < 1.29 is 27.6 Å². The molecule has 4 rings (SSSR count). The molecule has 3 N–H and O–H groups in total. The molecule has 38 heavy (non-hydrogen) atoms. The molecule has 0 heterocycles. The number of para-hydroxylation sites is 1. The zero-order valence-electron chi connectivity index (χ0n) is 20.1. The van der Waals surface area contributed by atoms with E-state index in [-0.39, 0.29) is 32.7 Å². The molecular weight excluding hydrogens is 553 g/mol. The van der Waals surface area contributed by atoms with Crippen molar-refractivity contribution in [2.45, 2.75) is 18.7 Å². The molecule has 9 nitrogen and oxygen atoms in total. The highest BCUT2D eigenvalue weighted by Crippen LogP contribution is 2.41. The van der Waals surface area contributed by atoms with Gasteiger partial charge in [0.05, 0.1) is 27.9 Å². The summed E-state index contributed by atoms with van der Waals surface area (Å²) in [5.41, 5.74) is 0.654. The second kappa shape index (κ2) is 11.0. The number of ether oxygens (including phenoxy) is 1. The van der Waals surface area contributed by atoms with Gasteiger partial charge in [-0.2, -0.15) is 13.5 Å². The number of rotatable bonds is 7. The fraction of sp³-hybridized carbons (Fsp3) is 0.115. The SMILES string of the molecule is CCOc1cccc(Cl)c1NC(=O)c1cc2ccccc2c(N=Nc2cc(S(=O)(=O)O)c(Cl)cc2C)c1O. The van der Waals surface area contributed by atoms with Crippen LogP contribution >= 0.6 is 23.2 Å². The van der Waals surface area contributed by atoms with E-state index in [1.54, 1.807) is 56.3 Å². The molecule has 0 unspecified atom stereocenters. The Bertz CT molecular complexity index is 1710. The summed E-state index contributed by atoms with van der Waals surface area (Å²) < 4.78 is 38.4. The van der Waals surface area contributed by atoms with Crippen LogP contribution in [-0.2, 0) is 10.1 Å². The Morgan fingerprint density at radius 3 is 2.47 bits per heavy atom. The van der Waals surface area contributed by atoms with E-state index < -0.39 is 26.7 Å². The summed E-state index contributed by atoms with van der Waals surface area (Å²) >= 11 is 12.2. The van der Waals surface area contributed by atoms with Gasteiger partial charge in [-0.05, 0) is 55.1 Å².